The number of nitrogens with one attached hydrogen (secondary N) is 1. The third-order valence-electron chi connectivity index (χ3n) is 3.37. The number of hydrogen-bond acceptors (Lipinski definition) is 3. The van der Waals surface area contributed by atoms with E-state index < -0.39 is 0 Å². The predicted octanol–water partition coefficient (Wildman–Crippen LogP) is 1.18. The van der Waals surface area contributed by atoms with Crippen molar-refractivity contribution in [3.05, 3.63) is 29.8 Å². The molecule has 0 bridgehead atoms. The number of nitrogen functional groups attached to an aromatic ring is 1. The maximum atomic E-state index is 12.3. The van der Waals surface area contributed by atoms with Crippen molar-refractivity contribution in [2.75, 3.05) is 38.5 Å². The first-order valence-electron chi connectivity index (χ1n) is 6.80. The van der Waals surface area contributed by atoms with Crippen LogP contribution in [0, 0.1) is 0 Å². The molecule has 7 heteroatoms. The summed E-state index contributed by atoms with van der Waals surface area (Å²) in [5.74, 6) is -0.0707. The van der Waals surface area contributed by atoms with Crippen molar-refractivity contribution < 1.29 is 9.59 Å². The average molecular weight is 313 g/mol. The highest BCUT2D eigenvalue weighted by atomic mass is 35.5. The summed E-state index contributed by atoms with van der Waals surface area (Å²) in [4.78, 5) is 27.5. The summed E-state index contributed by atoms with van der Waals surface area (Å²) < 4.78 is 0. The summed E-state index contributed by atoms with van der Waals surface area (Å²) >= 11 is 0. The highest BCUT2D eigenvalue weighted by molar-refractivity contribution is 5.99. The fraction of sp³-hybridized carbons (Fsp3) is 0.429. The molecule has 0 aromatic heterocycles. The Balaban J connectivity index is 0.00000220. The van der Waals surface area contributed by atoms with Crippen LogP contribution in [-0.2, 0) is 0 Å². The monoisotopic (exact) mass is 312 g/mol. The first kappa shape index (κ1) is 17.1. The van der Waals surface area contributed by atoms with Gasteiger partial charge in [-0.3, -0.25) is 4.79 Å². The van der Waals surface area contributed by atoms with E-state index in [2.05, 4.69) is 5.32 Å². The standard InChI is InChI=1S/C14H20N4O2.ClH/c1-2-16-14(20)18-9-7-17(8-10-18)13(19)11-5-3-4-6-12(11)15;/h3-6H,2,7-10,15H2,1H3,(H,16,20);1H. The number of halogens is 1. The number of carbonyl (C=O) groups excluding carboxylic acids is 2. The van der Waals surface area contributed by atoms with E-state index in [0.717, 1.165) is 0 Å². The Morgan fingerprint density at radius 2 is 1.71 bits per heavy atom. The van der Waals surface area contributed by atoms with Crippen LogP contribution in [0.4, 0.5) is 10.5 Å². The lowest BCUT2D eigenvalue weighted by Gasteiger charge is -2.34. The van der Waals surface area contributed by atoms with Crippen LogP contribution >= 0.6 is 12.4 Å². The lowest BCUT2D eigenvalue weighted by molar-refractivity contribution is 0.0666. The fourth-order valence-corrected chi connectivity index (χ4v) is 2.24. The molecule has 0 aliphatic carbocycles. The Kier molecular flexibility index (Phi) is 6.30. The van der Waals surface area contributed by atoms with Crippen molar-refractivity contribution >= 4 is 30.0 Å². The lowest BCUT2D eigenvalue weighted by Crippen LogP contribution is -2.53. The van der Waals surface area contributed by atoms with Gasteiger partial charge < -0.3 is 20.9 Å². The molecule has 0 atom stereocenters. The number of carbonyl (C=O) groups is 2. The SMILES string of the molecule is CCNC(=O)N1CCN(C(=O)c2ccccc2N)CC1.Cl. The van der Waals surface area contributed by atoms with Crippen molar-refractivity contribution in [2.24, 2.45) is 0 Å². The zero-order valence-electron chi connectivity index (χ0n) is 12.0. The lowest BCUT2D eigenvalue weighted by atomic mass is 10.1. The van der Waals surface area contributed by atoms with Gasteiger partial charge in [0.1, 0.15) is 0 Å². The van der Waals surface area contributed by atoms with Gasteiger partial charge in [-0.05, 0) is 19.1 Å². The topological polar surface area (TPSA) is 78.7 Å². The molecular formula is C14H21ClN4O2. The molecule has 1 aromatic rings. The van der Waals surface area contributed by atoms with Gasteiger partial charge in [0.2, 0.25) is 0 Å². The van der Waals surface area contributed by atoms with E-state index in [1.165, 1.54) is 0 Å². The van der Waals surface area contributed by atoms with Gasteiger partial charge >= 0.3 is 6.03 Å². The number of amides is 3. The van der Waals surface area contributed by atoms with Crippen LogP contribution in [0.1, 0.15) is 17.3 Å². The number of nitrogens with two attached hydrogens (primary N) is 1. The average Bonchev–Trinajstić information content (AvgIpc) is 2.47. The molecular weight excluding hydrogens is 292 g/mol. The molecule has 3 N–H and O–H groups in total. The Labute approximate surface area is 130 Å². The molecule has 0 spiro atoms. The summed E-state index contributed by atoms with van der Waals surface area (Å²) in [6.07, 6.45) is 0. The maximum Gasteiger partial charge on any atom is 0.317 e. The van der Waals surface area contributed by atoms with Crippen LogP contribution in [0.15, 0.2) is 24.3 Å². The smallest absolute Gasteiger partial charge is 0.317 e. The van der Waals surface area contributed by atoms with Gasteiger partial charge in [-0.15, -0.1) is 12.4 Å². The van der Waals surface area contributed by atoms with E-state index in [9.17, 15) is 9.59 Å². The number of urea groups is 1. The minimum Gasteiger partial charge on any atom is -0.398 e. The molecule has 0 unspecified atom stereocenters. The maximum absolute atomic E-state index is 12.3. The molecule has 0 radical (unpaired) electrons. The molecule has 2 rings (SSSR count). The quantitative estimate of drug-likeness (QED) is 0.805. The minimum atomic E-state index is -0.0707. The summed E-state index contributed by atoms with van der Waals surface area (Å²) in [5, 5.41) is 2.76. The molecule has 0 saturated carbocycles. The van der Waals surface area contributed by atoms with Crippen molar-refractivity contribution in [3.8, 4) is 0 Å². The number of hydrogen-bond donors (Lipinski definition) is 2. The van der Waals surface area contributed by atoms with Crippen molar-refractivity contribution in [1.82, 2.24) is 15.1 Å². The molecule has 1 aliphatic heterocycles. The molecule has 6 nitrogen and oxygen atoms in total. The van der Waals surface area contributed by atoms with Gasteiger partial charge in [-0.1, -0.05) is 12.1 Å². The molecule has 1 aliphatic rings. The third-order valence-corrected chi connectivity index (χ3v) is 3.37. The summed E-state index contributed by atoms with van der Waals surface area (Å²) in [6.45, 7) is 4.65. The number of para-hydroxylation sites is 1. The van der Waals surface area contributed by atoms with E-state index in [4.69, 9.17) is 5.73 Å². The second-order valence-electron chi connectivity index (χ2n) is 4.70. The highest BCUT2D eigenvalue weighted by Gasteiger charge is 2.25. The molecule has 116 valence electrons. The van der Waals surface area contributed by atoms with Gasteiger partial charge in [-0.25, -0.2) is 4.79 Å². The van der Waals surface area contributed by atoms with Crippen molar-refractivity contribution in [3.63, 3.8) is 0 Å². The first-order chi connectivity index (χ1) is 9.63. The van der Waals surface area contributed by atoms with Crippen LogP contribution in [0.3, 0.4) is 0 Å². The third kappa shape index (κ3) is 4.01. The Bertz CT molecular complexity index is 502. The molecule has 21 heavy (non-hydrogen) atoms. The van der Waals surface area contributed by atoms with Gasteiger partial charge in [-0.2, -0.15) is 0 Å². The molecule has 1 heterocycles. The van der Waals surface area contributed by atoms with E-state index in [0.29, 0.717) is 44.0 Å². The molecule has 3 amide bonds. The number of piperazine rings is 1. The van der Waals surface area contributed by atoms with E-state index in [1.54, 1.807) is 34.1 Å². The van der Waals surface area contributed by atoms with Gasteiger partial charge in [0.15, 0.2) is 0 Å². The summed E-state index contributed by atoms with van der Waals surface area (Å²) in [5.41, 5.74) is 6.84. The second kappa shape index (κ2) is 7.73. The van der Waals surface area contributed by atoms with Gasteiger partial charge in [0, 0.05) is 38.4 Å². The number of benzene rings is 1. The van der Waals surface area contributed by atoms with E-state index >= 15 is 0 Å². The Hall–Kier alpha value is -1.95. The number of nitrogens with zero attached hydrogens (tertiary/aromatic N) is 2. The normalized spacial score (nSPS) is 14.3. The van der Waals surface area contributed by atoms with Crippen LogP contribution in [-0.4, -0.2) is 54.5 Å². The second-order valence-corrected chi connectivity index (χ2v) is 4.70. The van der Waals surface area contributed by atoms with Crippen LogP contribution in [0.5, 0.6) is 0 Å². The summed E-state index contributed by atoms with van der Waals surface area (Å²) in [6, 6.07) is 6.98. The fourth-order valence-electron chi connectivity index (χ4n) is 2.24. The van der Waals surface area contributed by atoms with Gasteiger partial charge in [0.05, 0.1) is 5.56 Å². The largest absolute Gasteiger partial charge is 0.398 e. The van der Waals surface area contributed by atoms with Crippen LogP contribution in [0.2, 0.25) is 0 Å². The zero-order chi connectivity index (χ0) is 14.5. The molecule has 1 aromatic carbocycles. The summed E-state index contributed by atoms with van der Waals surface area (Å²) in [7, 11) is 0. The highest BCUT2D eigenvalue weighted by Crippen LogP contribution is 2.15. The Morgan fingerprint density at radius 1 is 1.14 bits per heavy atom. The van der Waals surface area contributed by atoms with E-state index in [1.807, 2.05) is 6.92 Å². The first-order valence-corrected chi connectivity index (χ1v) is 6.80. The molecule has 1 fully saturated rings. The number of rotatable bonds is 2. The zero-order valence-corrected chi connectivity index (χ0v) is 12.9. The van der Waals surface area contributed by atoms with Gasteiger partial charge in [0.25, 0.3) is 5.91 Å². The van der Waals surface area contributed by atoms with E-state index in [-0.39, 0.29) is 24.3 Å². The Morgan fingerprint density at radius 3 is 2.29 bits per heavy atom. The van der Waals surface area contributed by atoms with Crippen molar-refractivity contribution in [2.45, 2.75) is 6.92 Å². The van der Waals surface area contributed by atoms with Crippen LogP contribution < -0.4 is 11.1 Å². The predicted molar refractivity (Wildman–Crippen MR) is 84.7 cm³/mol. The number of anilines is 1. The minimum absolute atomic E-state index is 0. The van der Waals surface area contributed by atoms with Crippen molar-refractivity contribution in [1.29, 1.82) is 0 Å². The van der Waals surface area contributed by atoms with Crippen LogP contribution in [0.25, 0.3) is 0 Å². The molecule has 1 saturated heterocycles.